The second-order valence-corrected chi connectivity index (χ2v) is 12.9. The number of benzene rings is 2. The van der Waals surface area contributed by atoms with Gasteiger partial charge in [-0.1, -0.05) is 56.3 Å². The number of fused-ring (bicyclic) bond motifs is 2. The Balaban J connectivity index is 1.59. The Morgan fingerprint density at radius 1 is 1.07 bits per heavy atom. The summed E-state index contributed by atoms with van der Waals surface area (Å²) in [6, 6.07) is 13.0. The number of aliphatic hydroxyl groups is 1. The zero-order valence-electron chi connectivity index (χ0n) is 26.4. The summed E-state index contributed by atoms with van der Waals surface area (Å²) >= 11 is 0. The van der Waals surface area contributed by atoms with Crippen LogP contribution in [0.1, 0.15) is 52.9 Å². The summed E-state index contributed by atoms with van der Waals surface area (Å²) in [5, 5.41) is 11.5. The molecule has 3 saturated heterocycles. The molecule has 2 aromatic carbocycles. The number of likely N-dealkylation sites (tertiary alicyclic amines) is 1. The largest absolute Gasteiger partial charge is 0.396 e. The van der Waals surface area contributed by atoms with Gasteiger partial charge in [-0.25, -0.2) is 0 Å². The number of hydrogen-bond acceptors (Lipinski definition) is 5. The van der Waals surface area contributed by atoms with Crippen LogP contribution in [-0.2, 0) is 19.1 Å². The molecule has 6 atom stereocenters. The first-order valence-corrected chi connectivity index (χ1v) is 16.1. The Labute approximate surface area is 261 Å². The number of anilines is 1. The van der Waals surface area contributed by atoms with Gasteiger partial charge in [0.25, 0.3) is 5.91 Å². The van der Waals surface area contributed by atoms with E-state index in [0.29, 0.717) is 38.9 Å². The minimum atomic E-state index is -1.12. The van der Waals surface area contributed by atoms with Gasteiger partial charge in [0.05, 0.1) is 17.4 Å². The van der Waals surface area contributed by atoms with Crippen molar-refractivity contribution in [3.63, 3.8) is 0 Å². The normalized spacial score (nSPS) is 28.7. The highest BCUT2D eigenvalue weighted by Crippen LogP contribution is 2.65. The van der Waals surface area contributed by atoms with Crippen molar-refractivity contribution in [2.75, 3.05) is 37.7 Å². The van der Waals surface area contributed by atoms with Gasteiger partial charge in [-0.05, 0) is 67.9 Å². The second-order valence-electron chi connectivity index (χ2n) is 12.9. The molecule has 3 fully saturated rings. The Kier molecular flexibility index (Phi) is 9.33. The molecule has 44 heavy (non-hydrogen) atoms. The fourth-order valence-corrected chi connectivity index (χ4v) is 8.06. The van der Waals surface area contributed by atoms with Crippen LogP contribution in [0.15, 0.2) is 67.8 Å². The Hall–Kier alpha value is -3.49. The summed E-state index contributed by atoms with van der Waals surface area (Å²) in [6.07, 6.45) is 6.70. The van der Waals surface area contributed by atoms with Gasteiger partial charge in [-0.2, -0.15) is 0 Å². The van der Waals surface area contributed by atoms with E-state index in [1.165, 1.54) is 0 Å². The van der Waals surface area contributed by atoms with Gasteiger partial charge in [0, 0.05) is 38.5 Å². The molecule has 0 saturated carbocycles. The third-order valence-electron chi connectivity index (χ3n) is 10.1. The van der Waals surface area contributed by atoms with Crippen molar-refractivity contribution in [2.24, 2.45) is 17.8 Å². The monoisotopic (exact) mass is 601 g/mol. The van der Waals surface area contributed by atoms with E-state index < -0.39 is 29.1 Å². The number of hydrogen-bond donors (Lipinski definition) is 1. The van der Waals surface area contributed by atoms with E-state index in [9.17, 15) is 19.5 Å². The number of nitrogens with zero attached hydrogens (tertiary/aromatic N) is 3. The molecule has 3 heterocycles. The summed E-state index contributed by atoms with van der Waals surface area (Å²) in [5.41, 5.74) is -1.28. The van der Waals surface area contributed by atoms with Crippen LogP contribution >= 0.6 is 0 Å². The van der Waals surface area contributed by atoms with Crippen molar-refractivity contribution in [1.82, 2.24) is 9.80 Å². The molecule has 236 valence electrons. The van der Waals surface area contributed by atoms with Crippen molar-refractivity contribution in [1.29, 1.82) is 0 Å². The van der Waals surface area contributed by atoms with E-state index in [-0.39, 0.29) is 36.8 Å². The predicted molar refractivity (Wildman–Crippen MR) is 173 cm³/mol. The number of unbranched alkanes of at least 4 members (excludes halogenated alkanes) is 2. The first kappa shape index (κ1) is 31.9. The molecule has 0 aliphatic carbocycles. The molecular formula is C36H47N3O5. The Morgan fingerprint density at radius 2 is 1.80 bits per heavy atom. The average Bonchev–Trinajstić information content (AvgIpc) is 3.53. The van der Waals surface area contributed by atoms with Crippen LogP contribution in [0.5, 0.6) is 0 Å². The number of carbonyl (C=O) groups is 3. The van der Waals surface area contributed by atoms with Crippen LogP contribution in [0.3, 0.4) is 0 Å². The van der Waals surface area contributed by atoms with E-state index in [4.69, 9.17) is 4.74 Å². The van der Waals surface area contributed by atoms with E-state index in [2.05, 4.69) is 20.1 Å². The van der Waals surface area contributed by atoms with Crippen LogP contribution in [-0.4, -0.2) is 82.7 Å². The first-order chi connectivity index (χ1) is 21.2. The topological polar surface area (TPSA) is 90.4 Å². The van der Waals surface area contributed by atoms with Gasteiger partial charge in [-0.15, -0.1) is 13.2 Å². The van der Waals surface area contributed by atoms with Crippen molar-refractivity contribution >= 4 is 34.2 Å². The summed E-state index contributed by atoms with van der Waals surface area (Å²) < 4.78 is 6.97. The summed E-state index contributed by atoms with van der Waals surface area (Å²) in [7, 11) is 0. The molecule has 1 spiro atoms. The first-order valence-electron chi connectivity index (χ1n) is 16.1. The summed E-state index contributed by atoms with van der Waals surface area (Å²) in [5.74, 6) is -2.00. The van der Waals surface area contributed by atoms with Crippen LogP contribution < -0.4 is 4.90 Å². The highest BCUT2D eigenvalue weighted by atomic mass is 16.5. The fourth-order valence-electron chi connectivity index (χ4n) is 8.06. The van der Waals surface area contributed by atoms with Gasteiger partial charge in [-0.3, -0.25) is 14.4 Å². The molecule has 5 rings (SSSR count). The molecule has 3 aliphatic rings. The highest BCUT2D eigenvalue weighted by molar-refractivity contribution is 6.06. The zero-order chi connectivity index (χ0) is 31.6. The number of ether oxygens (including phenoxy) is 1. The molecule has 2 aromatic rings. The fraction of sp³-hybridized carbons (Fsp3) is 0.528. The Morgan fingerprint density at radius 3 is 2.48 bits per heavy atom. The van der Waals surface area contributed by atoms with E-state index in [0.717, 1.165) is 29.3 Å². The minimum absolute atomic E-state index is 0.0362. The number of carbonyl (C=O) groups excluding carboxylic acids is 3. The smallest absolute Gasteiger partial charge is 0.253 e. The number of amides is 3. The standard InChI is InChI=1S/C36H47N3O5/c1-6-18-37(19-7-2)32(41)29-30-33(42)39(21-12-9-13-22-40)31(36(30)24-25(4)35(29,5)44-36)34(43)38(20-8-3)28-17-16-26-14-10-11-15-27(26)23-28/h6,8,10-11,14-17,23,25,29-31,40H,1,3,7,9,12-13,18-22,24H2,2,4-5H3/t25?,29-,30-,31?,35+,36?/m0/s1. The van der Waals surface area contributed by atoms with Crippen molar-refractivity contribution in [3.05, 3.63) is 67.8 Å². The second kappa shape index (κ2) is 12.9. The number of aliphatic hydroxyl groups excluding tert-OH is 1. The highest BCUT2D eigenvalue weighted by Gasteiger charge is 2.80. The van der Waals surface area contributed by atoms with Gasteiger partial charge >= 0.3 is 0 Å². The van der Waals surface area contributed by atoms with Gasteiger partial charge in [0.1, 0.15) is 11.6 Å². The van der Waals surface area contributed by atoms with Gasteiger partial charge in [0.15, 0.2) is 0 Å². The van der Waals surface area contributed by atoms with E-state index >= 15 is 0 Å². The molecule has 0 radical (unpaired) electrons. The van der Waals surface area contributed by atoms with Crippen molar-refractivity contribution in [3.8, 4) is 0 Å². The SMILES string of the molecule is C=CCN(CCC)C(=O)[C@@H]1[C@H]2C(=O)N(CCCCCO)C(C(=O)N(CC=C)c3ccc4ccccc4c3)C23CC(C)[C@@]1(C)O3. The zero-order valence-corrected chi connectivity index (χ0v) is 26.4. The van der Waals surface area contributed by atoms with Crippen molar-refractivity contribution < 1.29 is 24.2 Å². The minimum Gasteiger partial charge on any atom is -0.396 e. The van der Waals surface area contributed by atoms with Crippen LogP contribution in [0.4, 0.5) is 5.69 Å². The lowest BCUT2D eigenvalue weighted by Gasteiger charge is -2.39. The van der Waals surface area contributed by atoms with Crippen molar-refractivity contribution in [2.45, 2.75) is 70.1 Å². The third-order valence-corrected chi connectivity index (χ3v) is 10.1. The molecule has 2 bridgehead atoms. The van der Waals surface area contributed by atoms with Crippen LogP contribution in [0.2, 0.25) is 0 Å². The maximum Gasteiger partial charge on any atom is 0.253 e. The number of rotatable bonds is 14. The molecule has 8 nitrogen and oxygen atoms in total. The quantitative estimate of drug-likeness (QED) is 0.244. The molecule has 3 amide bonds. The van der Waals surface area contributed by atoms with E-state index in [1.54, 1.807) is 26.9 Å². The van der Waals surface area contributed by atoms with Gasteiger partial charge < -0.3 is 24.5 Å². The third kappa shape index (κ3) is 5.16. The average molecular weight is 602 g/mol. The lowest BCUT2D eigenvalue weighted by Crippen LogP contribution is -2.57. The maximum atomic E-state index is 14.9. The van der Waals surface area contributed by atoms with E-state index in [1.807, 2.05) is 56.3 Å². The molecule has 3 aliphatic heterocycles. The lowest BCUT2D eigenvalue weighted by atomic mass is 9.62. The molecular weight excluding hydrogens is 554 g/mol. The summed E-state index contributed by atoms with van der Waals surface area (Å²) in [4.78, 5) is 49.0. The van der Waals surface area contributed by atoms with Crippen LogP contribution in [0.25, 0.3) is 10.8 Å². The lowest BCUT2D eigenvalue weighted by molar-refractivity contribution is -0.151. The summed E-state index contributed by atoms with van der Waals surface area (Å²) in [6.45, 7) is 15.5. The van der Waals surface area contributed by atoms with Gasteiger partial charge in [0.2, 0.25) is 11.8 Å². The Bertz CT molecular complexity index is 1430. The molecule has 3 unspecified atom stereocenters. The molecule has 8 heteroatoms. The molecule has 0 aromatic heterocycles. The predicted octanol–water partition coefficient (Wildman–Crippen LogP) is 4.96. The van der Waals surface area contributed by atoms with Crippen LogP contribution in [0, 0.1) is 17.8 Å². The maximum absolute atomic E-state index is 14.9. The molecule has 1 N–H and O–H groups in total.